The topological polar surface area (TPSA) is 9.23 Å². The number of hydrogen-bond donors (Lipinski definition) is 0. The van der Waals surface area contributed by atoms with E-state index in [1.54, 1.807) is 0 Å². The fourth-order valence-electron chi connectivity index (χ4n) is 2.81. The second-order valence-electron chi connectivity index (χ2n) is 4.39. The van der Waals surface area contributed by atoms with E-state index in [1.807, 2.05) is 18.2 Å². The maximum absolute atomic E-state index is 6.21. The maximum atomic E-state index is 6.21. The first-order chi connectivity index (χ1) is 6.80. The van der Waals surface area contributed by atoms with Crippen molar-refractivity contribution in [1.29, 1.82) is 0 Å². The number of benzene rings is 1. The van der Waals surface area contributed by atoms with Crippen LogP contribution in [0.5, 0.6) is 0 Å². The van der Waals surface area contributed by atoms with Crippen LogP contribution in [0.4, 0.5) is 0 Å². The van der Waals surface area contributed by atoms with Crippen LogP contribution < -0.4 is 0 Å². The third-order valence-electron chi connectivity index (χ3n) is 3.53. The van der Waals surface area contributed by atoms with Gasteiger partial charge in [-0.25, -0.2) is 0 Å². The van der Waals surface area contributed by atoms with E-state index in [-0.39, 0.29) is 5.60 Å². The Hall–Kier alpha value is -0.530. The summed E-state index contributed by atoms with van der Waals surface area (Å²) < 4.78 is 5.92. The van der Waals surface area contributed by atoms with E-state index in [4.69, 9.17) is 16.3 Å². The van der Waals surface area contributed by atoms with Crippen molar-refractivity contribution in [2.24, 2.45) is 5.92 Å². The molecule has 14 heavy (non-hydrogen) atoms. The minimum absolute atomic E-state index is 0.0387. The van der Waals surface area contributed by atoms with Gasteiger partial charge in [0.25, 0.3) is 0 Å². The molecule has 1 aliphatic heterocycles. The van der Waals surface area contributed by atoms with Crippen LogP contribution >= 0.6 is 11.6 Å². The molecule has 1 nitrogen and oxygen atoms in total. The Morgan fingerprint density at radius 3 is 2.79 bits per heavy atom. The normalized spacial score (nSPS) is 35.1. The van der Waals surface area contributed by atoms with Gasteiger partial charge in [-0.1, -0.05) is 29.8 Å². The standard InChI is InChI=1S/C12H13ClO/c13-11-4-2-1-3-10(11)12-6-5-9(7-12)8-14-12/h1-4,9H,5-8H2. The first-order valence-corrected chi connectivity index (χ1v) is 5.57. The van der Waals surface area contributed by atoms with E-state index in [9.17, 15) is 0 Å². The van der Waals surface area contributed by atoms with Crippen molar-refractivity contribution in [3.05, 3.63) is 34.9 Å². The van der Waals surface area contributed by atoms with E-state index in [0.717, 1.165) is 30.4 Å². The van der Waals surface area contributed by atoms with Crippen molar-refractivity contribution in [3.63, 3.8) is 0 Å². The van der Waals surface area contributed by atoms with Crippen LogP contribution in [0.25, 0.3) is 0 Å². The molecule has 74 valence electrons. The van der Waals surface area contributed by atoms with Gasteiger partial charge in [-0.2, -0.15) is 0 Å². The molecule has 3 rings (SSSR count). The van der Waals surface area contributed by atoms with E-state index in [1.165, 1.54) is 12.0 Å². The first kappa shape index (κ1) is 8.75. The number of fused-ring (bicyclic) bond motifs is 2. The molecule has 1 saturated heterocycles. The van der Waals surface area contributed by atoms with Crippen molar-refractivity contribution in [1.82, 2.24) is 0 Å². The predicted molar refractivity (Wildman–Crippen MR) is 56.4 cm³/mol. The van der Waals surface area contributed by atoms with Crippen molar-refractivity contribution < 1.29 is 4.74 Å². The highest BCUT2D eigenvalue weighted by molar-refractivity contribution is 6.31. The summed E-state index contributed by atoms with van der Waals surface area (Å²) in [7, 11) is 0. The zero-order chi connectivity index (χ0) is 9.60. The lowest BCUT2D eigenvalue weighted by molar-refractivity contribution is -0.0207. The van der Waals surface area contributed by atoms with Crippen LogP contribution in [0.15, 0.2) is 24.3 Å². The Balaban J connectivity index is 2.06. The average molecular weight is 209 g/mol. The summed E-state index contributed by atoms with van der Waals surface area (Å²) in [6.45, 7) is 0.922. The average Bonchev–Trinajstić information content (AvgIpc) is 2.79. The molecule has 2 fully saturated rings. The lowest BCUT2D eigenvalue weighted by Gasteiger charge is -2.28. The summed E-state index contributed by atoms with van der Waals surface area (Å²) in [5, 5.41) is 0.857. The van der Waals surface area contributed by atoms with E-state index in [2.05, 4.69) is 6.07 Å². The molecule has 0 amide bonds. The molecule has 2 bridgehead atoms. The van der Waals surface area contributed by atoms with Crippen LogP contribution in [0.3, 0.4) is 0 Å². The van der Waals surface area contributed by atoms with Gasteiger partial charge in [0.2, 0.25) is 0 Å². The second kappa shape index (κ2) is 2.98. The van der Waals surface area contributed by atoms with Crippen molar-refractivity contribution in [2.45, 2.75) is 24.9 Å². The number of rotatable bonds is 1. The lowest BCUT2D eigenvalue weighted by Crippen LogP contribution is -2.23. The monoisotopic (exact) mass is 208 g/mol. The molecule has 0 radical (unpaired) electrons. The number of ether oxygens (including phenoxy) is 1. The van der Waals surface area contributed by atoms with Crippen LogP contribution in [0.2, 0.25) is 5.02 Å². The molecule has 0 aromatic heterocycles. The van der Waals surface area contributed by atoms with Gasteiger partial charge in [0.15, 0.2) is 0 Å². The molecule has 2 aliphatic rings. The molecule has 0 N–H and O–H groups in total. The Kier molecular flexibility index (Phi) is 1.86. The Morgan fingerprint density at radius 2 is 2.21 bits per heavy atom. The molecule has 1 saturated carbocycles. The third-order valence-corrected chi connectivity index (χ3v) is 3.86. The molecule has 2 heteroatoms. The van der Waals surface area contributed by atoms with Gasteiger partial charge in [-0.15, -0.1) is 0 Å². The highest BCUT2D eigenvalue weighted by Crippen LogP contribution is 2.52. The molecule has 1 aromatic carbocycles. The van der Waals surface area contributed by atoms with E-state index < -0.39 is 0 Å². The van der Waals surface area contributed by atoms with Crippen molar-refractivity contribution in [2.75, 3.05) is 6.61 Å². The second-order valence-corrected chi connectivity index (χ2v) is 4.80. The van der Waals surface area contributed by atoms with E-state index >= 15 is 0 Å². The zero-order valence-corrected chi connectivity index (χ0v) is 8.76. The van der Waals surface area contributed by atoms with Crippen LogP contribution in [-0.2, 0) is 10.3 Å². The summed E-state index contributed by atoms with van der Waals surface area (Å²) in [4.78, 5) is 0. The minimum Gasteiger partial charge on any atom is -0.370 e. The van der Waals surface area contributed by atoms with Gasteiger partial charge in [0.05, 0.1) is 12.2 Å². The minimum atomic E-state index is -0.0387. The SMILES string of the molecule is Clc1ccccc1C12CCC(CO1)C2. The molecular formula is C12H13ClO. The Bertz CT molecular complexity index is 353. The predicted octanol–water partition coefficient (Wildman–Crippen LogP) is 3.37. The molecule has 1 aliphatic carbocycles. The molecular weight excluding hydrogens is 196 g/mol. The summed E-state index contributed by atoms with van der Waals surface area (Å²) in [6, 6.07) is 8.09. The first-order valence-electron chi connectivity index (χ1n) is 5.19. The number of hydrogen-bond acceptors (Lipinski definition) is 1. The zero-order valence-electron chi connectivity index (χ0n) is 8.00. The summed E-state index contributed by atoms with van der Waals surface area (Å²) in [5.74, 6) is 0.770. The molecule has 2 unspecified atom stereocenters. The molecule has 1 heterocycles. The lowest BCUT2D eigenvalue weighted by atomic mass is 9.92. The summed E-state index contributed by atoms with van der Waals surface area (Å²) in [6.07, 6.45) is 3.60. The van der Waals surface area contributed by atoms with Gasteiger partial charge >= 0.3 is 0 Å². The fraction of sp³-hybridized carbons (Fsp3) is 0.500. The van der Waals surface area contributed by atoms with Gasteiger partial charge in [-0.05, 0) is 31.2 Å². The smallest absolute Gasteiger partial charge is 0.0949 e. The number of halogens is 1. The molecule has 2 atom stereocenters. The van der Waals surface area contributed by atoms with Gasteiger partial charge < -0.3 is 4.74 Å². The fourth-order valence-corrected chi connectivity index (χ4v) is 3.12. The Morgan fingerprint density at radius 1 is 1.36 bits per heavy atom. The van der Waals surface area contributed by atoms with Gasteiger partial charge in [-0.3, -0.25) is 0 Å². The van der Waals surface area contributed by atoms with Crippen molar-refractivity contribution in [3.8, 4) is 0 Å². The highest BCUT2D eigenvalue weighted by Gasteiger charge is 2.48. The van der Waals surface area contributed by atoms with Crippen LogP contribution in [-0.4, -0.2) is 6.61 Å². The summed E-state index contributed by atoms with van der Waals surface area (Å²) >= 11 is 6.21. The molecule has 1 aromatic rings. The van der Waals surface area contributed by atoms with Gasteiger partial charge in [0.1, 0.15) is 0 Å². The molecule has 0 spiro atoms. The Labute approximate surface area is 89.0 Å². The van der Waals surface area contributed by atoms with Crippen LogP contribution in [0, 0.1) is 5.92 Å². The van der Waals surface area contributed by atoms with Crippen molar-refractivity contribution >= 4 is 11.6 Å². The largest absolute Gasteiger partial charge is 0.370 e. The van der Waals surface area contributed by atoms with Gasteiger partial charge in [0, 0.05) is 10.6 Å². The third kappa shape index (κ3) is 1.12. The van der Waals surface area contributed by atoms with E-state index in [0.29, 0.717) is 0 Å². The quantitative estimate of drug-likeness (QED) is 0.688. The maximum Gasteiger partial charge on any atom is 0.0949 e. The highest BCUT2D eigenvalue weighted by atomic mass is 35.5. The van der Waals surface area contributed by atoms with Crippen LogP contribution in [0.1, 0.15) is 24.8 Å². The summed E-state index contributed by atoms with van der Waals surface area (Å²) in [5.41, 5.74) is 1.16.